The Labute approximate surface area is 180 Å². The van der Waals surface area contributed by atoms with E-state index >= 15 is 0 Å². The van der Waals surface area contributed by atoms with Crippen LogP contribution in [0.15, 0.2) is 42.5 Å². The fraction of sp³-hybridized carbons (Fsp3) is 0.333. The molecule has 1 aromatic rings. The number of esters is 2. The molecule has 0 fully saturated rings. The lowest BCUT2D eigenvalue weighted by atomic mass is 10.2. The van der Waals surface area contributed by atoms with Gasteiger partial charge in [0, 0.05) is 22.5 Å². The quantitative estimate of drug-likeness (QED) is 0.248. The molecule has 0 aliphatic rings. The molecule has 0 unspecified atom stereocenters. The average molecular weight is 434 g/mol. The molecule has 0 aliphatic carbocycles. The van der Waals surface area contributed by atoms with Crippen LogP contribution < -0.4 is 10.6 Å². The van der Waals surface area contributed by atoms with Crippen molar-refractivity contribution in [2.24, 2.45) is 0 Å². The first-order valence-electron chi connectivity index (χ1n) is 9.23. The highest BCUT2D eigenvalue weighted by Gasteiger charge is 2.10. The van der Waals surface area contributed by atoms with Crippen LogP contribution in [0.25, 0.3) is 0 Å². The summed E-state index contributed by atoms with van der Waals surface area (Å²) < 4.78 is 19.5. The van der Waals surface area contributed by atoms with Gasteiger partial charge in [-0.05, 0) is 44.5 Å². The number of ether oxygens (including phenoxy) is 4. The van der Waals surface area contributed by atoms with E-state index < -0.39 is 24.1 Å². The molecule has 168 valence electrons. The van der Waals surface area contributed by atoms with Gasteiger partial charge in [0.25, 0.3) is 0 Å². The highest BCUT2D eigenvalue weighted by atomic mass is 16.6. The van der Waals surface area contributed by atoms with Crippen molar-refractivity contribution in [1.82, 2.24) is 0 Å². The SMILES string of the molecule is C=C(C)C(=O)OCCOC(=O)Nc1cc(C)cc(NC(=O)OCCOC(=O)C(=C)C)c1. The predicted octanol–water partition coefficient (Wildman–Crippen LogP) is 3.33. The third kappa shape index (κ3) is 10.5. The molecule has 10 nitrogen and oxygen atoms in total. The van der Waals surface area contributed by atoms with Crippen LogP contribution in [0.1, 0.15) is 19.4 Å². The largest absolute Gasteiger partial charge is 0.459 e. The molecule has 0 aliphatic heterocycles. The second-order valence-corrected chi connectivity index (χ2v) is 6.44. The summed E-state index contributed by atoms with van der Waals surface area (Å²) in [6.07, 6.45) is -1.52. The topological polar surface area (TPSA) is 129 Å². The monoisotopic (exact) mass is 434 g/mol. The Morgan fingerprint density at radius 3 is 1.42 bits per heavy atom. The molecule has 2 N–H and O–H groups in total. The molecule has 31 heavy (non-hydrogen) atoms. The van der Waals surface area contributed by atoms with Crippen LogP contribution in [-0.2, 0) is 28.5 Å². The Morgan fingerprint density at radius 1 is 0.710 bits per heavy atom. The van der Waals surface area contributed by atoms with E-state index in [9.17, 15) is 19.2 Å². The summed E-state index contributed by atoms with van der Waals surface area (Å²) in [7, 11) is 0. The van der Waals surface area contributed by atoms with E-state index in [1.165, 1.54) is 19.9 Å². The molecule has 2 amide bonds. The Morgan fingerprint density at radius 2 is 1.06 bits per heavy atom. The highest BCUT2D eigenvalue weighted by molar-refractivity contribution is 5.89. The maximum atomic E-state index is 11.9. The minimum absolute atomic E-state index is 0.104. The van der Waals surface area contributed by atoms with Crippen molar-refractivity contribution >= 4 is 35.5 Å². The third-order valence-electron chi connectivity index (χ3n) is 3.37. The Balaban J connectivity index is 2.46. The van der Waals surface area contributed by atoms with Gasteiger partial charge < -0.3 is 18.9 Å². The molecule has 0 saturated carbocycles. The number of amides is 2. The molecule has 1 rings (SSSR count). The molecule has 0 atom stereocenters. The predicted molar refractivity (Wildman–Crippen MR) is 113 cm³/mol. The van der Waals surface area contributed by atoms with Gasteiger partial charge in [0.1, 0.15) is 26.4 Å². The van der Waals surface area contributed by atoms with Gasteiger partial charge in [-0.3, -0.25) is 10.6 Å². The van der Waals surface area contributed by atoms with Crippen LogP contribution in [0.5, 0.6) is 0 Å². The molecule has 1 aromatic carbocycles. The van der Waals surface area contributed by atoms with Crippen LogP contribution in [0.4, 0.5) is 21.0 Å². The van der Waals surface area contributed by atoms with E-state index in [1.54, 1.807) is 19.1 Å². The lowest BCUT2D eigenvalue weighted by Crippen LogP contribution is -2.19. The molecular weight excluding hydrogens is 408 g/mol. The smallest absolute Gasteiger partial charge is 0.411 e. The number of anilines is 2. The number of aryl methyl sites for hydroxylation is 1. The van der Waals surface area contributed by atoms with E-state index in [4.69, 9.17) is 18.9 Å². The van der Waals surface area contributed by atoms with Crippen LogP contribution in [0.3, 0.4) is 0 Å². The van der Waals surface area contributed by atoms with Gasteiger partial charge >= 0.3 is 24.1 Å². The Hall–Kier alpha value is -3.82. The number of hydrogen-bond donors (Lipinski definition) is 2. The molecule has 0 radical (unpaired) electrons. The molecule has 0 spiro atoms. The van der Waals surface area contributed by atoms with Crippen LogP contribution in [0.2, 0.25) is 0 Å². The molecule has 0 aromatic heterocycles. The van der Waals surface area contributed by atoms with Crippen molar-refractivity contribution in [3.63, 3.8) is 0 Å². The van der Waals surface area contributed by atoms with Crippen molar-refractivity contribution in [2.75, 3.05) is 37.1 Å². The van der Waals surface area contributed by atoms with E-state index in [-0.39, 0.29) is 37.6 Å². The van der Waals surface area contributed by atoms with Crippen molar-refractivity contribution < 1.29 is 38.1 Å². The minimum atomic E-state index is -0.759. The third-order valence-corrected chi connectivity index (χ3v) is 3.37. The standard InChI is InChI=1S/C21H26N2O8/c1-13(2)18(24)28-6-8-30-20(26)22-16-10-15(5)11-17(12-16)23-21(27)31-9-7-29-19(25)14(3)4/h10-12H,1,3,6-9H2,2,4-5H3,(H,22,26)(H,23,27). The first-order valence-corrected chi connectivity index (χ1v) is 9.23. The van der Waals surface area contributed by atoms with Gasteiger partial charge in [-0.2, -0.15) is 0 Å². The van der Waals surface area contributed by atoms with E-state index in [1.807, 2.05) is 0 Å². The fourth-order valence-electron chi connectivity index (χ4n) is 2.02. The zero-order valence-electron chi connectivity index (χ0n) is 17.7. The van der Waals surface area contributed by atoms with Crippen molar-refractivity contribution in [3.05, 3.63) is 48.1 Å². The number of hydrogen-bond acceptors (Lipinski definition) is 8. The van der Waals surface area contributed by atoms with E-state index in [0.717, 1.165) is 5.56 Å². The second kappa shape index (κ2) is 12.7. The summed E-state index contributed by atoms with van der Waals surface area (Å²) in [6, 6.07) is 4.82. The maximum Gasteiger partial charge on any atom is 0.411 e. The van der Waals surface area contributed by atoms with Gasteiger partial charge in [-0.1, -0.05) is 13.2 Å². The zero-order valence-corrected chi connectivity index (χ0v) is 17.7. The first-order chi connectivity index (χ1) is 14.6. The molecule has 0 heterocycles. The molecular formula is C21H26N2O8. The summed E-state index contributed by atoms with van der Waals surface area (Å²) in [5.41, 5.74) is 1.98. The van der Waals surface area contributed by atoms with E-state index in [2.05, 4.69) is 23.8 Å². The summed E-state index contributed by atoms with van der Waals surface area (Å²) in [6.45, 7) is 11.2. The number of nitrogens with one attached hydrogen (secondary N) is 2. The van der Waals surface area contributed by atoms with Crippen molar-refractivity contribution in [1.29, 1.82) is 0 Å². The number of benzene rings is 1. The normalized spacial score (nSPS) is 9.77. The minimum Gasteiger partial charge on any atom is -0.459 e. The van der Waals surface area contributed by atoms with Gasteiger partial charge in [0.05, 0.1) is 0 Å². The number of carbonyl (C=O) groups excluding carboxylic acids is 4. The van der Waals surface area contributed by atoms with Crippen molar-refractivity contribution in [2.45, 2.75) is 20.8 Å². The molecule has 0 saturated heterocycles. The first kappa shape index (κ1) is 25.2. The lowest BCUT2D eigenvalue weighted by molar-refractivity contribution is -0.140. The Kier molecular flexibility index (Phi) is 10.3. The zero-order chi connectivity index (χ0) is 23.4. The summed E-state index contributed by atoms with van der Waals surface area (Å²) >= 11 is 0. The highest BCUT2D eigenvalue weighted by Crippen LogP contribution is 2.19. The number of rotatable bonds is 10. The summed E-state index contributed by atoms with van der Waals surface area (Å²) in [4.78, 5) is 46.2. The fourth-order valence-corrected chi connectivity index (χ4v) is 2.02. The Bertz CT molecular complexity index is 797. The van der Waals surface area contributed by atoms with Gasteiger partial charge in [-0.15, -0.1) is 0 Å². The number of carbonyl (C=O) groups is 4. The average Bonchev–Trinajstić information content (AvgIpc) is 2.67. The van der Waals surface area contributed by atoms with Crippen LogP contribution in [-0.4, -0.2) is 50.6 Å². The van der Waals surface area contributed by atoms with E-state index in [0.29, 0.717) is 11.4 Å². The van der Waals surface area contributed by atoms with Crippen LogP contribution in [0, 0.1) is 6.92 Å². The molecule has 0 bridgehead atoms. The van der Waals surface area contributed by atoms with Gasteiger partial charge in [0.15, 0.2) is 0 Å². The van der Waals surface area contributed by atoms with Crippen LogP contribution >= 0.6 is 0 Å². The maximum absolute atomic E-state index is 11.9. The lowest BCUT2D eigenvalue weighted by Gasteiger charge is -2.11. The second-order valence-electron chi connectivity index (χ2n) is 6.44. The summed E-state index contributed by atoms with van der Waals surface area (Å²) in [5, 5.41) is 5.01. The molecule has 10 heteroatoms. The van der Waals surface area contributed by atoms with Gasteiger partial charge in [-0.25, -0.2) is 19.2 Å². The van der Waals surface area contributed by atoms with Crippen molar-refractivity contribution in [3.8, 4) is 0 Å². The van der Waals surface area contributed by atoms with Gasteiger partial charge in [0.2, 0.25) is 0 Å². The summed E-state index contributed by atoms with van der Waals surface area (Å²) in [5.74, 6) is -1.14.